The van der Waals surface area contributed by atoms with Crippen LogP contribution in [-0.4, -0.2) is 55.1 Å². The van der Waals surface area contributed by atoms with E-state index < -0.39 is 0 Å². The lowest BCUT2D eigenvalue weighted by Gasteiger charge is -2.37. The topological polar surface area (TPSA) is 32.5 Å². The third-order valence-corrected chi connectivity index (χ3v) is 4.73. The van der Waals surface area contributed by atoms with E-state index in [1.165, 1.54) is 71.2 Å². The number of nitrogens with two attached hydrogens (primary N) is 1. The van der Waals surface area contributed by atoms with Gasteiger partial charge in [-0.15, -0.1) is 0 Å². The van der Waals surface area contributed by atoms with Crippen LogP contribution in [0.3, 0.4) is 0 Å². The Morgan fingerprint density at radius 3 is 2.72 bits per heavy atom. The Labute approximate surface area is 113 Å². The average Bonchev–Trinajstić information content (AvgIpc) is 2.88. The van der Waals surface area contributed by atoms with E-state index in [9.17, 15) is 0 Å². The maximum Gasteiger partial charge on any atom is 0.0223 e. The van der Waals surface area contributed by atoms with Crippen LogP contribution < -0.4 is 5.73 Å². The molecule has 2 saturated heterocycles. The molecule has 2 fully saturated rings. The summed E-state index contributed by atoms with van der Waals surface area (Å²) in [5, 5.41) is 0. The predicted octanol–water partition coefficient (Wildman–Crippen LogP) is 1.92. The van der Waals surface area contributed by atoms with Gasteiger partial charge < -0.3 is 10.6 Å². The summed E-state index contributed by atoms with van der Waals surface area (Å²) >= 11 is 0. The van der Waals surface area contributed by atoms with Crippen molar-refractivity contribution in [2.24, 2.45) is 11.7 Å². The van der Waals surface area contributed by atoms with Gasteiger partial charge in [-0.25, -0.2) is 0 Å². The van der Waals surface area contributed by atoms with Gasteiger partial charge in [-0.3, -0.25) is 4.90 Å². The van der Waals surface area contributed by atoms with Crippen molar-refractivity contribution in [2.75, 3.05) is 39.3 Å². The van der Waals surface area contributed by atoms with Gasteiger partial charge in [0.15, 0.2) is 0 Å². The fourth-order valence-electron chi connectivity index (χ4n) is 3.50. The normalized spacial score (nSPS) is 31.0. The summed E-state index contributed by atoms with van der Waals surface area (Å²) in [5.41, 5.74) is 5.80. The van der Waals surface area contributed by atoms with Gasteiger partial charge in [0.1, 0.15) is 0 Å². The SMILES string of the molecule is CCCCCN1CCCC(N2CCC(CN)C2)C1. The molecule has 3 nitrogen and oxygen atoms in total. The van der Waals surface area contributed by atoms with E-state index in [1.807, 2.05) is 0 Å². The molecular weight excluding hydrogens is 222 g/mol. The molecule has 0 aliphatic carbocycles. The molecule has 0 aromatic rings. The first-order valence-corrected chi connectivity index (χ1v) is 8.00. The number of hydrogen-bond acceptors (Lipinski definition) is 3. The van der Waals surface area contributed by atoms with Crippen LogP contribution in [0.25, 0.3) is 0 Å². The summed E-state index contributed by atoms with van der Waals surface area (Å²) in [7, 11) is 0. The summed E-state index contributed by atoms with van der Waals surface area (Å²) < 4.78 is 0. The Hall–Kier alpha value is -0.120. The van der Waals surface area contributed by atoms with Crippen LogP contribution in [0.4, 0.5) is 0 Å². The molecule has 2 aliphatic rings. The maximum absolute atomic E-state index is 5.80. The molecule has 0 spiro atoms. The molecule has 0 aromatic heterocycles. The third kappa shape index (κ3) is 3.94. The van der Waals surface area contributed by atoms with E-state index in [-0.39, 0.29) is 0 Å². The van der Waals surface area contributed by atoms with Crippen molar-refractivity contribution >= 4 is 0 Å². The molecule has 0 saturated carbocycles. The van der Waals surface area contributed by atoms with Crippen molar-refractivity contribution < 1.29 is 0 Å². The molecule has 2 N–H and O–H groups in total. The second-order valence-electron chi connectivity index (χ2n) is 6.19. The molecular formula is C15H31N3. The van der Waals surface area contributed by atoms with E-state index in [0.717, 1.165) is 18.5 Å². The molecule has 3 heteroatoms. The first kappa shape index (κ1) is 14.3. The molecule has 2 atom stereocenters. The summed E-state index contributed by atoms with van der Waals surface area (Å²) in [4.78, 5) is 5.41. The van der Waals surface area contributed by atoms with Gasteiger partial charge in [0, 0.05) is 19.1 Å². The summed E-state index contributed by atoms with van der Waals surface area (Å²) in [6, 6.07) is 0.817. The molecule has 0 radical (unpaired) electrons. The monoisotopic (exact) mass is 253 g/mol. The number of unbranched alkanes of at least 4 members (excludes halogenated alkanes) is 2. The minimum atomic E-state index is 0.764. The van der Waals surface area contributed by atoms with Crippen molar-refractivity contribution in [1.29, 1.82) is 0 Å². The number of likely N-dealkylation sites (tertiary alicyclic amines) is 2. The molecule has 2 unspecified atom stereocenters. The van der Waals surface area contributed by atoms with Crippen LogP contribution in [0.1, 0.15) is 45.4 Å². The number of nitrogens with zero attached hydrogens (tertiary/aromatic N) is 2. The molecule has 0 amide bonds. The van der Waals surface area contributed by atoms with E-state index in [2.05, 4.69) is 16.7 Å². The zero-order valence-corrected chi connectivity index (χ0v) is 12.1. The highest BCUT2D eigenvalue weighted by Gasteiger charge is 2.30. The largest absolute Gasteiger partial charge is 0.330 e. The maximum atomic E-state index is 5.80. The second-order valence-corrected chi connectivity index (χ2v) is 6.19. The highest BCUT2D eigenvalue weighted by molar-refractivity contribution is 4.86. The molecule has 2 aliphatic heterocycles. The van der Waals surface area contributed by atoms with Gasteiger partial charge in [-0.1, -0.05) is 19.8 Å². The van der Waals surface area contributed by atoms with Crippen molar-refractivity contribution in [3.05, 3.63) is 0 Å². The average molecular weight is 253 g/mol. The fraction of sp³-hybridized carbons (Fsp3) is 1.00. The van der Waals surface area contributed by atoms with Gasteiger partial charge >= 0.3 is 0 Å². The van der Waals surface area contributed by atoms with E-state index in [0.29, 0.717) is 0 Å². The fourth-order valence-corrected chi connectivity index (χ4v) is 3.50. The minimum absolute atomic E-state index is 0.764. The van der Waals surface area contributed by atoms with Gasteiger partial charge in [-0.2, -0.15) is 0 Å². The van der Waals surface area contributed by atoms with Crippen molar-refractivity contribution in [3.63, 3.8) is 0 Å². The minimum Gasteiger partial charge on any atom is -0.330 e. The standard InChI is InChI=1S/C15H31N3/c1-2-3-4-8-17-9-5-6-15(13-17)18-10-7-14(11-16)12-18/h14-15H,2-13,16H2,1H3. The first-order chi connectivity index (χ1) is 8.83. The Morgan fingerprint density at radius 1 is 1.11 bits per heavy atom. The van der Waals surface area contributed by atoms with Crippen LogP contribution in [0, 0.1) is 5.92 Å². The van der Waals surface area contributed by atoms with Crippen LogP contribution in [-0.2, 0) is 0 Å². The quantitative estimate of drug-likeness (QED) is 0.734. The summed E-state index contributed by atoms with van der Waals surface area (Å²) in [5.74, 6) is 0.764. The molecule has 0 aromatic carbocycles. The molecule has 2 heterocycles. The Balaban J connectivity index is 1.73. The summed E-state index contributed by atoms with van der Waals surface area (Å²) in [6.45, 7) is 9.66. The van der Waals surface area contributed by atoms with E-state index in [1.54, 1.807) is 0 Å². The van der Waals surface area contributed by atoms with E-state index >= 15 is 0 Å². The van der Waals surface area contributed by atoms with Gasteiger partial charge in [0.25, 0.3) is 0 Å². The molecule has 18 heavy (non-hydrogen) atoms. The smallest absolute Gasteiger partial charge is 0.0223 e. The highest BCUT2D eigenvalue weighted by atomic mass is 15.2. The van der Waals surface area contributed by atoms with E-state index in [4.69, 9.17) is 5.73 Å². The van der Waals surface area contributed by atoms with Gasteiger partial charge in [-0.05, 0) is 57.8 Å². The van der Waals surface area contributed by atoms with Crippen LogP contribution in [0.5, 0.6) is 0 Å². The second kappa shape index (κ2) is 7.46. The number of hydrogen-bond donors (Lipinski definition) is 1. The Bertz CT molecular complexity index is 232. The Kier molecular flexibility index (Phi) is 5.93. The van der Waals surface area contributed by atoms with Crippen LogP contribution in [0.15, 0.2) is 0 Å². The molecule has 0 bridgehead atoms. The highest BCUT2D eigenvalue weighted by Crippen LogP contribution is 2.23. The lowest BCUT2D eigenvalue weighted by Crippen LogP contribution is -2.47. The first-order valence-electron chi connectivity index (χ1n) is 8.00. The molecule has 2 rings (SSSR count). The Morgan fingerprint density at radius 2 is 2.00 bits per heavy atom. The zero-order chi connectivity index (χ0) is 12.8. The van der Waals surface area contributed by atoms with Crippen molar-refractivity contribution in [2.45, 2.75) is 51.5 Å². The predicted molar refractivity (Wildman–Crippen MR) is 77.7 cm³/mol. The van der Waals surface area contributed by atoms with Gasteiger partial charge in [0.05, 0.1) is 0 Å². The zero-order valence-electron chi connectivity index (χ0n) is 12.1. The van der Waals surface area contributed by atoms with Gasteiger partial charge in [0.2, 0.25) is 0 Å². The summed E-state index contributed by atoms with van der Waals surface area (Å²) in [6.07, 6.45) is 8.22. The van der Waals surface area contributed by atoms with Crippen LogP contribution in [0.2, 0.25) is 0 Å². The van der Waals surface area contributed by atoms with Crippen molar-refractivity contribution in [3.8, 4) is 0 Å². The lowest BCUT2D eigenvalue weighted by molar-refractivity contribution is 0.111. The number of rotatable bonds is 6. The number of piperidine rings is 1. The third-order valence-electron chi connectivity index (χ3n) is 4.73. The lowest BCUT2D eigenvalue weighted by atomic mass is 10.0. The molecule has 106 valence electrons. The van der Waals surface area contributed by atoms with Crippen molar-refractivity contribution in [1.82, 2.24) is 9.80 Å². The van der Waals surface area contributed by atoms with Crippen LogP contribution >= 0.6 is 0 Å².